The minimum atomic E-state index is -0.0537. The number of aromatic nitrogens is 2. The van der Waals surface area contributed by atoms with Crippen molar-refractivity contribution in [2.75, 3.05) is 0 Å². The van der Waals surface area contributed by atoms with Crippen LogP contribution in [0.4, 0.5) is 0 Å². The molecule has 2 atom stereocenters. The van der Waals surface area contributed by atoms with Gasteiger partial charge in [0.15, 0.2) is 5.69 Å². The normalized spacial score (nSPS) is 23.4. The van der Waals surface area contributed by atoms with Crippen LogP contribution in [-0.4, -0.2) is 22.1 Å². The number of fused-ring (bicyclic) bond motifs is 1. The highest BCUT2D eigenvalue weighted by molar-refractivity contribution is 6.04. The summed E-state index contributed by atoms with van der Waals surface area (Å²) in [6, 6.07) is 8.04. The Hall–Kier alpha value is -1.84. The topological polar surface area (TPSA) is 57.8 Å². The van der Waals surface area contributed by atoms with Crippen LogP contribution < -0.4 is 5.32 Å². The molecule has 106 valence electrons. The maximum atomic E-state index is 12.4. The molecule has 2 unspecified atom stereocenters. The SMILES string of the molecule is CC1CCCC(NC(=O)c2n[nH]c3ccccc23)CC1. The molecular weight excluding hydrogens is 250 g/mol. The maximum absolute atomic E-state index is 12.4. The first-order chi connectivity index (χ1) is 9.74. The van der Waals surface area contributed by atoms with E-state index in [0.717, 1.165) is 29.7 Å². The largest absolute Gasteiger partial charge is 0.348 e. The summed E-state index contributed by atoms with van der Waals surface area (Å²) in [5, 5.41) is 11.1. The van der Waals surface area contributed by atoms with E-state index >= 15 is 0 Å². The van der Waals surface area contributed by atoms with Gasteiger partial charge in [0, 0.05) is 11.4 Å². The standard InChI is InChI=1S/C16H21N3O/c1-11-5-4-6-12(10-9-11)17-16(20)15-13-7-2-3-8-14(13)18-19-15/h2-3,7-8,11-12H,4-6,9-10H2,1H3,(H,17,20)(H,18,19). The first kappa shape index (κ1) is 13.2. The molecule has 0 saturated heterocycles. The van der Waals surface area contributed by atoms with Crippen molar-refractivity contribution in [3.8, 4) is 0 Å². The summed E-state index contributed by atoms with van der Waals surface area (Å²) in [7, 11) is 0. The van der Waals surface area contributed by atoms with Gasteiger partial charge in [0.2, 0.25) is 0 Å². The Morgan fingerprint density at radius 3 is 3.00 bits per heavy atom. The number of nitrogens with one attached hydrogen (secondary N) is 2. The number of rotatable bonds is 2. The van der Waals surface area contributed by atoms with Crippen molar-refractivity contribution in [1.82, 2.24) is 15.5 Å². The average Bonchev–Trinajstić information content (AvgIpc) is 2.78. The summed E-state index contributed by atoms with van der Waals surface area (Å²) in [5.74, 6) is 0.727. The molecule has 2 aromatic rings. The lowest BCUT2D eigenvalue weighted by Crippen LogP contribution is -2.34. The molecule has 1 fully saturated rings. The fourth-order valence-corrected chi connectivity index (χ4v) is 3.02. The van der Waals surface area contributed by atoms with Gasteiger partial charge >= 0.3 is 0 Å². The van der Waals surface area contributed by atoms with Crippen molar-refractivity contribution < 1.29 is 4.79 Å². The molecule has 20 heavy (non-hydrogen) atoms. The van der Waals surface area contributed by atoms with Gasteiger partial charge in [0.05, 0.1) is 5.52 Å². The van der Waals surface area contributed by atoms with Gasteiger partial charge in [-0.2, -0.15) is 5.10 Å². The lowest BCUT2D eigenvalue weighted by atomic mass is 10.0. The quantitative estimate of drug-likeness (QED) is 0.824. The van der Waals surface area contributed by atoms with E-state index in [1.165, 1.54) is 19.3 Å². The van der Waals surface area contributed by atoms with Gasteiger partial charge in [0.25, 0.3) is 5.91 Å². The molecule has 1 saturated carbocycles. The van der Waals surface area contributed by atoms with Gasteiger partial charge in [-0.3, -0.25) is 9.89 Å². The second-order valence-corrected chi connectivity index (χ2v) is 5.90. The first-order valence-electron chi connectivity index (χ1n) is 7.48. The molecule has 0 spiro atoms. The number of para-hydroxylation sites is 1. The number of benzene rings is 1. The average molecular weight is 271 g/mol. The minimum Gasteiger partial charge on any atom is -0.348 e. The molecule has 1 aromatic heterocycles. The van der Waals surface area contributed by atoms with Gasteiger partial charge in [0.1, 0.15) is 0 Å². The fraction of sp³-hybridized carbons (Fsp3) is 0.500. The molecule has 1 amide bonds. The molecule has 0 radical (unpaired) electrons. The van der Waals surface area contributed by atoms with Crippen molar-refractivity contribution in [1.29, 1.82) is 0 Å². The highest BCUT2D eigenvalue weighted by atomic mass is 16.2. The predicted octanol–water partition coefficient (Wildman–Crippen LogP) is 3.26. The summed E-state index contributed by atoms with van der Waals surface area (Å²) in [6.07, 6.45) is 5.84. The predicted molar refractivity (Wildman–Crippen MR) is 79.6 cm³/mol. The van der Waals surface area contributed by atoms with E-state index in [-0.39, 0.29) is 5.91 Å². The van der Waals surface area contributed by atoms with Crippen molar-refractivity contribution in [2.24, 2.45) is 5.92 Å². The molecule has 1 aliphatic rings. The number of nitrogens with zero attached hydrogens (tertiary/aromatic N) is 1. The van der Waals surface area contributed by atoms with Crippen LogP contribution >= 0.6 is 0 Å². The molecule has 4 heteroatoms. The maximum Gasteiger partial charge on any atom is 0.272 e. The van der Waals surface area contributed by atoms with Crippen molar-refractivity contribution in [2.45, 2.75) is 45.1 Å². The lowest BCUT2D eigenvalue weighted by Gasteiger charge is -2.15. The van der Waals surface area contributed by atoms with Crippen molar-refractivity contribution >= 4 is 16.8 Å². The van der Waals surface area contributed by atoms with Crippen LogP contribution in [0.15, 0.2) is 24.3 Å². The number of amides is 1. The van der Waals surface area contributed by atoms with E-state index in [1.54, 1.807) is 0 Å². The first-order valence-corrected chi connectivity index (χ1v) is 7.48. The third kappa shape index (κ3) is 2.69. The summed E-state index contributed by atoms with van der Waals surface area (Å²) < 4.78 is 0. The monoisotopic (exact) mass is 271 g/mol. The molecule has 1 aromatic carbocycles. The van der Waals surface area contributed by atoms with Crippen molar-refractivity contribution in [3.63, 3.8) is 0 Å². The van der Waals surface area contributed by atoms with E-state index in [9.17, 15) is 4.79 Å². The van der Waals surface area contributed by atoms with Crippen LogP contribution in [0.5, 0.6) is 0 Å². The molecule has 0 bridgehead atoms. The second-order valence-electron chi connectivity index (χ2n) is 5.90. The Bertz CT molecular complexity index is 605. The van der Waals surface area contributed by atoms with E-state index in [2.05, 4.69) is 22.4 Å². The Balaban J connectivity index is 1.73. The third-order valence-electron chi connectivity index (χ3n) is 4.28. The van der Waals surface area contributed by atoms with Crippen LogP contribution in [0, 0.1) is 5.92 Å². The summed E-state index contributed by atoms with van der Waals surface area (Å²) in [5.41, 5.74) is 1.42. The van der Waals surface area contributed by atoms with Crippen LogP contribution in [-0.2, 0) is 0 Å². The Morgan fingerprint density at radius 2 is 2.10 bits per heavy atom. The number of hydrogen-bond donors (Lipinski definition) is 2. The van der Waals surface area contributed by atoms with Gasteiger partial charge in [-0.1, -0.05) is 38.0 Å². The molecule has 1 heterocycles. The van der Waals surface area contributed by atoms with Crippen LogP contribution in [0.25, 0.3) is 10.9 Å². The van der Waals surface area contributed by atoms with E-state index in [0.29, 0.717) is 11.7 Å². The van der Waals surface area contributed by atoms with Crippen LogP contribution in [0.3, 0.4) is 0 Å². The van der Waals surface area contributed by atoms with Gasteiger partial charge < -0.3 is 5.32 Å². The highest BCUT2D eigenvalue weighted by Gasteiger charge is 2.20. The van der Waals surface area contributed by atoms with Crippen molar-refractivity contribution in [3.05, 3.63) is 30.0 Å². The number of aromatic amines is 1. The Morgan fingerprint density at radius 1 is 1.25 bits per heavy atom. The number of hydrogen-bond acceptors (Lipinski definition) is 2. The zero-order valence-electron chi connectivity index (χ0n) is 11.9. The molecule has 4 nitrogen and oxygen atoms in total. The zero-order chi connectivity index (χ0) is 13.9. The zero-order valence-corrected chi connectivity index (χ0v) is 11.9. The number of carbonyl (C=O) groups excluding carboxylic acids is 1. The van der Waals surface area contributed by atoms with Crippen LogP contribution in [0.1, 0.15) is 49.5 Å². The summed E-state index contributed by atoms with van der Waals surface area (Å²) in [6.45, 7) is 2.30. The Labute approximate surface area is 119 Å². The van der Waals surface area contributed by atoms with Gasteiger partial charge in [-0.25, -0.2) is 0 Å². The Kier molecular flexibility index (Phi) is 3.72. The molecular formula is C16H21N3O. The van der Waals surface area contributed by atoms with Gasteiger partial charge in [-0.15, -0.1) is 0 Å². The second kappa shape index (κ2) is 5.65. The van der Waals surface area contributed by atoms with Gasteiger partial charge in [-0.05, 0) is 31.2 Å². The third-order valence-corrected chi connectivity index (χ3v) is 4.28. The minimum absolute atomic E-state index is 0.0537. The van der Waals surface area contributed by atoms with E-state index < -0.39 is 0 Å². The highest BCUT2D eigenvalue weighted by Crippen LogP contribution is 2.23. The molecule has 0 aliphatic heterocycles. The van der Waals surface area contributed by atoms with Crippen LogP contribution in [0.2, 0.25) is 0 Å². The smallest absolute Gasteiger partial charge is 0.272 e. The van der Waals surface area contributed by atoms with E-state index in [1.807, 2.05) is 24.3 Å². The summed E-state index contributed by atoms with van der Waals surface area (Å²) >= 11 is 0. The number of carbonyl (C=O) groups is 1. The molecule has 2 N–H and O–H groups in total. The summed E-state index contributed by atoms with van der Waals surface area (Å²) in [4.78, 5) is 12.4. The molecule has 1 aliphatic carbocycles. The number of H-pyrrole nitrogens is 1. The lowest BCUT2D eigenvalue weighted by molar-refractivity contribution is 0.0929. The van der Waals surface area contributed by atoms with E-state index in [4.69, 9.17) is 0 Å². The molecule has 3 rings (SSSR count). The fourth-order valence-electron chi connectivity index (χ4n) is 3.02.